The third-order valence-electron chi connectivity index (χ3n) is 3.66. The zero-order valence-corrected chi connectivity index (χ0v) is 13.8. The Balaban J connectivity index is 2.54. The molecule has 0 radical (unpaired) electrons. The normalized spacial score (nSPS) is 10.6. The highest BCUT2D eigenvalue weighted by Crippen LogP contribution is 2.18. The minimum absolute atomic E-state index is 0.0108. The molecule has 8 heteroatoms. The molecule has 24 heavy (non-hydrogen) atoms. The highest BCUT2D eigenvalue weighted by atomic mass is 16.2. The summed E-state index contributed by atoms with van der Waals surface area (Å²) in [4.78, 5) is 44.4. The summed E-state index contributed by atoms with van der Waals surface area (Å²) < 4.78 is 1.29. The summed E-state index contributed by atoms with van der Waals surface area (Å²) in [5.74, 6) is -0.459. The standard InChI is InChI=1S/C16H21N5O3/c1-3-5-10-21-13(17)12(14(22)19-16(21)24)20(4-2)15(23)11-8-6-7-9-18-11/h6-9H,3-5,10,17H2,1-2H3,(H,19,22,24). The number of carbonyl (C=O) groups excluding carboxylic acids is 1. The van der Waals surface area contributed by atoms with Crippen LogP contribution in [0.4, 0.5) is 11.5 Å². The van der Waals surface area contributed by atoms with E-state index >= 15 is 0 Å². The maximum absolute atomic E-state index is 12.7. The zero-order chi connectivity index (χ0) is 17.7. The molecule has 2 rings (SSSR count). The van der Waals surface area contributed by atoms with Crippen molar-refractivity contribution >= 4 is 17.4 Å². The second kappa shape index (κ2) is 7.58. The number of nitrogens with one attached hydrogen (secondary N) is 1. The summed E-state index contributed by atoms with van der Waals surface area (Å²) in [5.41, 5.74) is 4.96. The number of pyridine rings is 1. The van der Waals surface area contributed by atoms with Gasteiger partial charge in [-0.1, -0.05) is 19.4 Å². The molecule has 8 nitrogen and oxygen atoms in total. The lowest BCUT2D eigenvalue weighted by atomic mass is 10.2. The van der Waals surface area contributed by atoms with E-state index in [1.54, 1.807) is 25.1 Å². The number of aromatic amines is 1. The van der Waals surface area contributed by atoms with Crippen molar-refractivity contribution in [2.75, 3.05) is 17.2 Å². The van der Waals surface area contributed by atoms with Gasteiger partial charge in [0.25, 0.3) is 11.5 Å². The second-order valence-corrected chi connectivity index (χ2v) is 5.26. The van der Waals surface area contributed by atoms with Gasteiger partial charge < -0.3 is 5.73 Å². The molecule has 128 valence electrons. The predicted molar refractivity (Wildman–Crippen MR) is 92.2 cm³/mol. The van der Waals surface area contributed by atoms with Gasteiger partial charge in [0.15, 0.2) is 5.69 Å². The van der Waals surface area contributed by atoms with Crippen molar-refractivity contribution in [2.45, 2.75) is 33.2 Å². The van der Waals surface area contributed by atoms with E-state index in [-0.39, 0.29) is 23.7 Å². The fourth-order valence-corrected chi connectivity index (χ4v) is 2.41. The van der Waals surface area contributed by atoms with E-state index in [0.29, 0.717) is 6.54 Å². The van der Waals surface area contributed by atoms with Crippen molar-refractivity contribution in [2.24, 2.45) is 0 Å². The van der Waals surface area contributed by atoms with Crippen LogP contribution in [0.3, 0.4) is 0 Å². The lowest BCUT2D eigenvalue weighted by molar-refractivity contribution is 0.0983. The van der Waals surface area contributed by atoms with E-state index in [0.717, 1.165) is 12.8 Å². The molecule has 0 aliphatic carbocycles. The molecular formula is C16H21N5O3. The van der Waals surface area contributed by atoms with Gasteiger partial charge in [-0.3, -0.25) is 29.0 Å². The number of aromatic nitrogens is 3. The molecule has 0 spiro atoms. The maximum Gasteiger partial charge on any atom is 0.330 e. The first-order chi connectivity index (χ1) is 11.5. The van der Waals surface area contributed by atoms with Crippen molar-refractivity contribution in [3.8, 4) is 0 Å². The summed E-state index contributed by atoms with van der Waals surface area (Å²) in [5, 5.41) is 0. The van der Waals surface area contributed by atoms with Gasteiger partial charge in [0, 0.05) is 19.3 Å². The first-order valence-corrected chi connectivity index (χ1v) is 7.86. The second-order valence-electron chi connectivity index (χ2n) is 5.26. The van der Waals surface area contributed by atoms with Crippen LogP contribution in [0.2, 0.25) is 0 Å². The van der Waals surface area contributed by atoms with Crippen molar-refractivity contribution in [3.63, 3.8) is 0 Å². The Morgan fingerprint density at radius 2 is 2.08 bits per heavy atom. The van der Waals surface area contributed by atoms with Crippen LogP contribution in [0.25, 0.3) is 0 Å². The largest absolute Gasteiger partial charge is 0.383 e. The van der Waals surface area contributed by atoms with E-state index in [1.807, 2.05) is 6.92 Å². The number of nitrogens with two attached hydrogens (primary N) is 1. The average molecular weight is 331 g/mol. The molecule has 0 saturated carbocycles. The Kier molecular flexibility index (Phi) is 5.51. The summed E-state index contributed by atoms with van der Waals surface area (Å²) in [6.45, 7) is 4.30. The molecule has 0 aromatic carbocycles. The summed E-state index contributed by atoms with van der Waals surface area (Å²) in [7, 11) is 0. The van der Waals surface area contributed by atoms with Crippen LogP contribution in [0.1, 0.15) is 37.2 Å². The molecule has 0 bridgehead atoms. The van der Waals surface area contributed by atoms with Crippen LogP contribution in [-0.2, 0) is 6.54 Å². The van der Waals surface area contributed by atoms with Crippen molar-refractivity contribution < 1.29 is 4.79 Å². The van der Waals surface area contributed by atoms with E-state index in [9.17, 15) is 14.4 Å². The number of nitrogen functional groups attached to an aromatic ring is 1. The average Bonchev–Trinajstić information content (AvgIpc) is 2.58. The monoisotopic (exact) mass is 331 g/mol. The van der Waals surface area contributed by atoms with Gasteiger partial charge >= 0.3 is 5.69 Å². The van der Waals surface area contributed by atoms with Crippen LogP contribution in [0.5, 0.6) is 0 Å². The molecular weight excluding hydrogens is 310 g/mol. The van der Waals surface area contributed by atoms with Gasteiger partial charge in [0.2, 0.25) is 0 Å². The van der Waals surface area contributed by atoms with Crippen LogP contribution in [0, 0.1) is 0 Å². The number of nitrogens with zero attached hydrogens (tertiary/aromatic N) is 3. The first-order valence-electron chi connectivity index (χ1n) is 7.86. The molecule has 3 N–H and O–H groups in total. The van der Waals surface area contributed by atoms with Crippen molar-refractivity contribution in [1.82, 2.24) is 14.5 Å². The van der Waals surface area contributed by atoms with E-state index < -0.39 is 17.2 Å². The molecule has 1 amide bonds. The summed E-state index contributed by atoms with van der Waals surface area (Å²) in [6.07, 6.45) is 3.09. The highest BCUT2D eigenvalue weighted by molar-refractivity contribution is 6.05. The molecule has 2 heterocycles. The van der Waals surface area contributed by atoms with E-state index in [4.69, 9.17) is 5.73 Å². The molecule has 0 aliphatic heterocycles. The topological polar surface area (TPSA) is 114 Å². The Morgan fingerprint density at radius 1 is 1.33 bits per heavy atom. The Hall–Kier alpha value is -2.90. The zero-order valence-electron chi connectivity index (χ0n) is 13.8. The lowest BCUT2D eigenvalue weighted by Crippen LogP contribution is -2.41. The number of anilines is 2. The lowest BCUT2D eigenvalue weighted by Gasteiger charge is -2.22. The van der Waals surface area contributed by atoms with Crippen LogP contribution in [0.15, 0.2) is 34.0 Å². The fraction of sp³-hybridized carbons (Fsp3) is 0.375. The van der Waals surface area contributed by atoms with Crippen LogP contribution in [-0.4, -0.2) is 27.0 Å². The molecule has 0 aliphatic rings. The third-order valence-corrected chi connectivity index (χ3v) is 3.66. The SMILES string of the molecule is CCCCn1c(N)c(N(CC)C(=O)c2ccccn2)c(=O)[nH]c1=O. The fourth-order valence-electron chi connectivity index (χ4n) is 2.41. The predicted octanol–water partition coefficient (Wildman–Crippen LogP) is 0.981. The molecule has 0 saturated heterocycles. The van der Waals surface area contributed by atoms with E-state index in [2.05, 4.69) is 9.97 Å². The molecule has 2 aromatic heterocycles. The van der Waals surface area contributed by atoms with E-state index in [1.165, 1.54) is 15.7 Å². The number of H-pyrrole nitrogens is 1. The van der Waals surface area contributed by atoms with Crippen LogP contribution < -0.4 is 21.9 Å². The van der Waals surface area contributed by atoms with Crippen molar-refractivity contribution in [3.05, 3.63) is 50.9 Å². The Bertz CT molecular complexity index is 826. The summed E-state index contributed by atoms with van der Waals surface area (Å²) in [6, 6.07) is 4.94. The molecule has 0 fully saturated rings. The van der Waals surface area contributed by atoms with Gasteiger partial charge in [-0.05, 0) is 25.5 Å². The van der Waals surface area contributed by atoms with Gasteiger partial charge in [-0.15, -0.1) is 0 Å². The number of hydrogen-bond acceptors (Lipinski definition) is 5. The van der Waals surface area contributed by atoms with Crippen molar-refractivity contribution in [1.29, 1.82) is 0 Å². The molecule has 0 unspecified atom stereocenters. The number of carbonyl (C=O) groups is 1. The number of rotatable bonds is 6. The quantitative estimate of drug-likeness (QED) is 0.819. The highest BCUT2D eigenvalue weighted by Gasteiger charge is 2.24. The van der Waals surface area contributed by atoms with Crippen LogP contribution >= 0.6 is 0 Å². The first kappa shape index (κ1) is 17.5. The minimum atomic E-state index is -0.684. The molecule has 2 aromatic rings. The smallest absolute Gasteiger partial charge is 0.330 e. The minimum Gasteiger partial charge on any atom is -0.383 e. The Labute approximate surface area is 138 Å². The van der Waals surface area contributed by atoms with Gasteiger partial charge in [0.1, 0.15) is 11.5 Å². The van der Waals surface area contributed by atoms with Gasteiger partial charge in [0.05, 0.1) is 0 Å². The Morgan fingerprint density at radius 3 is 2.67 bits per heavy atom. The number of unbranched alkanes of at least 4 members (excludes halogenated alkanes) is 1. The maximum atomic E-state index is 12.7. The number of hydrogen-bond donors (Lipinski definition) is 2. The summed E-state index contributed by atoms with van der Waals surface area (Å²) >= 11 is 0. The van der Waals surface area contributed by atoms with Gasteiger partial charge in [-0.2, -0.15) is 0 Å². The third kappa shape index (κ3) is 3.37. The van der Waals surface area contributed by atoms with Gasteiger partial charge in [-0.25, -0.2) is 4.79 Å². The molecule has 0 atom stereocenters. The number of amides is 1.